The van der Waals surface area contributed by atoms with Crippen LogP contribution in [0.5, 0.6) is 0 Å². The molecule has 0 spiro atoms. The molecule has 0 aliphatic rings. The van der Waals surface area contributed by atoms with Crippen LogP contribution in [0, 0.1) is 0 Å². The predicted octanol–water partition coefficient (Wildman–Crippen LogP) is 6.10. The molecule has 7 heteroatoms. The minimum absolute atomic E-state index is 0.252. The summed E-state index contributed by atoms with van der Waals surface area (Å²) in [5.74, 6) is 0. The van der Waals surface area contributed by atoms with Gasteiger partial charge in [0.2, 0.25) is 0 Å². The molecule has 1 aromatic carbocycles. The summed E-state index contributed by atoms with van der Waals surface area (Å²) >= 11 is 0. The molecule has 0 saturated carbocycles. The van der Waals surface area contributed by atoms with Crippen molar-refractivity contribution >= 4 is 5.69 Å². The van der Waals surface area contributed by atoms with Crippen molar-refractivity contribution < 1.29 is 13.2 Å². The van der Waals surface area contributed by atoms with E-state index in [9.17, 15) is 13.2 Å². The van der Waals surface area contributed by atoms with Crippen LogP contribution in [0.4, 0.5) is 18.9 Å². The van der Waals surface area contributed by atoms with E-state index < -0.39 is 11.7 Å². The fourth-order valence-corrected chi connectivity index (χ4v) is 2.82. The lowest BCUT2D eigenvalue weighted by atomic mass is 10.0. The number of anilines is 1. The van der Waals surface area contributed by atoms with Crippen molar-refractivity contribution in [1.29, 1.82) is 0 Å². The van der Waals surface area contributed by atoms with Crippen molar-refractivity contribution in [1.82, 2.24) is 10.6 Å². The molecule has 178 valence electrons. The molecule has 0 bridgehead atoms. The van der Waals surface area contributed by atoms with Gasteiger partial charge < -0.3 is 21.7 Å². The van der Waals surface area contributed by atoms with Crippen LogP contribution in [0.15, 0.2) is 84.9 Å². The van der Waals surface area contributed by atoms with E-state index in [4.69, 9.17) is 5.73 Å². The summed E-state index contributed by atoms with van der Waals surface area (Å²) in [5, 5.41) is 9.44. The monoisotopic (exact) mass is 450 g/mol. The molecule has 0 radical (unpaired) electrons. The number of allylic oxidation sites excluding steroid dienone is 3. The number of nitrogens with one attached hydrogen (secondary N) is 3. The molecular weight excluding hydrogens is 413 g/mol. The summed E-state index contributed by atoms with van der Waals surface area (Å²) in [7, 11) is 1.80. The lowest BCUT2D eigenvalue weighted by Gasteiger charge is -2.23. The minimum Gasteiger partial charge on any atom is -0.362 e. The first-order valence-corrected chi connectivity index (χ1v) is 10.7. The third-order valence-electron chi connectivity index (χ3n) is 4.19. The second kappa shape index (κ2) is 15.9. The van der Waals surface area contributed by atoms with Crippen LogP contribution in [0.3, 0.4) is 0 Å². The largest absolute Gasteiger partial charge is 0.416 e. The first-order valence-electron chi connectivity index (χ1n) is 10.7. The van der Waals surface area contributed by atoms with Gasteiger partial charge in [0.25, 0.3) is 0 Å². The molecule has 0 heterocycles. The summed E-state index contributed by atoms with van der Waals surface area (Å²) in [6.45, 7) is 14.3. The molecule has 0 aromatic heterocycles. The molecule has 4 nitrogen and oxygen atoms in total. The van der Waals surface area contributed by atoms with Crippen molar-refractivity contribution in [3.8, 4) is 0 Å². The summed E-state index contributed by atoms with van der Waals surface area (Å²) < 4.78 is 38.5. The van der Waals surface area contributed by atoms with E-state index in [1.54, 1.807) is 31.5 Å². The van der Waals surface area contributed by atoms with E-state index in [0.29, 0.717) is 17.8 Å². The molecule has 0 amide bonds. The Morgan fingerprint density at radius 3 is 2.47 bits per heavy atom. The highest BCUT2D eigenvalue weighted by atomic mass is 19.4. The Labute approximate surface area is 190 Å². The van der Waals surface area contributed by atoms with E-state index in [0.717, 1.165) is 36.4 Å². The fourth-order valence-electron chi connectivity index (χ4n) is 2.82. The van der Waals surface area contributed by atoms with E-state index in [-0.39, 0.29) is 6.04 Å². The number of halogens is 3. The SMILES string of the molecule is C=C/C=C(\CCC)N/C(=C\CN)C(NC)C(=C)/C=C\Nc1cccc(C(F)(F)F)c1.CC. The zero-order valence-corrected chi connectivity index (χ0v) is 19.5. The van der Waals surface area contributed by atoms with Crippen molar-refractivity contribution in [2.75, 3.05) is 18.9 Å². The Morgan fingerprint density at radius 2 is 1.94 bits per heavy atom. The Morgan fingerprint density at radius 1 is 1.25 bits per heavy atom. The number of benzene rings is 1. The normalized spacial score (nSPS) is 13.2. The molecular formula is C25H37F3N4. The Kier molecular flexibility index (Phi) is 14.6. The van der Waals surface area contributed by atoms with Gasteiger partial charge in [-0.3, -0.25) is 0 Å². The highest BCUT2D eigenvalue weighted by Gasteiger charge is 2.30. The van der Waals surface area contributed by atoms with Gasteiger partial charge in [0, 0.05) is 29.8 Å². The van der Waals surface area contributed by atoms with Gasteiger partial charge in [0.1, 0.15) is 0 Å². The van der Waals surface area contributed by atoms with Crippen molar-refractivity contribution in [3.63, 3.8) is 0 Å². The van der Waals surface area contributed by atoms with Crippen molar-refractivity contribution in [2.45, 2.75) is 45.8 Å². The van der Waals surface area contributed by atoms with Crippen LogP contribution in [0.25, 0.3) is 0 Å². The van der Waals surface area contributed by atoms with E-state index in [1.165, 1.54) is 6.07 Å². The Balaban J connectivity index is 0.00000466. The van der Waals surface area contributed by atoms with Crippen molar-refractivity contribution in [2.24, 2.45) is 5.73 Å². The highest BCUT2D eigenvalue weighted by molar-refractivity contribution is 5.49. The quantitative estimate of drug-likeness (QED) is 0.291. The average Bonchev–Trinajstić information content (AvgIpc) is 2.76. The molecule has 32 heavy (non-hydrogen) atoms. The Bertz CT molecular complexity index is 793. The smallest absolute Gasteiger partial charge is 0.362 e. The first kappa shape index (κ1) is 29.2. The number of alkyl halides is 3. The van der Waals surface area contributed by atoms with Crippen LogP contribution < -0.4 is 21.7 Å². The van der Waals surface area contributed by atoms with Crippen LogP contribution in [0.2, 0.25) is 0 Å². The van der Waals surface area contributed by atoms with Gasteiger partial charge in [0.05, 0.1) is 11.6 Å². The number of nitrogens with two attached hydrogens (primary N) is 1. The summed E-state index contributed by atoms with van der Waals surface area (Å²) in [4.78, 5) is 0. The second-order valence-corrected chi connectivity index (χ2v) is 6.55. The van der Waals surface area contributed by atoms with Crippen molar-refractivity contribution in [3.05, 3.63) is 90.5 Å². The molecule has 0 saturated heterocycles. The molecule has 0 aliphatic carbocycles. The standard InChI is InChI=1S/C23H31F3N4.C2H6/c1-5-8-19(9-6-2)30-21(12-14-27)22(28-4)17(3)13-15-29-20-11-7-10-18(16-20)23(24,25)26;1-2/h5,7-8,10-13,15-16,22,28-30H,1,3,6,9,14,27H2,2,4H3;1-2H3/b15-13-,19-8+,21-12-;. The van der Waals surface area contributed by atoms with Gasteiger partial charge in [-0.15, -0.1) is 0 Å². The highest BCUT2D eigenvalue weighted by Crippen LogP contribution is 2.30. The fraction of sp³-hybridized carbons (Fsp3) is 0.360. The van der Waals surface area contributed by atoms with E-state index >= 15 is 0 Å². The Hall–Kier alpha value is -2.77. The molecule has 0 fully saturated rings. The number of hydrogen-bond acceptors (Lipinski definition) is 4. The van der Waals surface area contributed by atoms with Gasteiger partial charge >= 0.3 is 6.18 Å². The van der Waals surface area contributed by atoms with Crippen LogP contribution in [-0.4, -0.2) is 19.6 Å². The first-order chi connectivity index (χ1) is 15.3. The van der Waals surface area contributed by atoms with E-state index in [2.05, 4.69) is 36.0 Å². The van der Waals surface area contributed by atoms with Crippen LogP contribution >= 0.6 is 0 Å². The maximum absolute atomic E-state index is 12.8. The molecule has 0 aliphatic heterocycles. The van der Waals surface area contributed by atoms with Gasteiger partial charge in [-0.2, -0.15) is 13.2 Å². The number of hydrogen-bond donors (Lipinski definition) is 4. The number of rotatable bonds is 12. The third-order valence-corrected chi connectivity index (χ3v) is 4.19. The van der Waals surface area contributed by atoms with Crippen LogP contribution in [0.1, 0.15) is 39.2 Å². The number of likely N-dealkylation sites (N-methyl/N-ethyl adjacent to an activating group) is 1. The summed E-state index contributed by atoms with van der Waals surface area (Å²) in [5.41, 5.74) is 7.92. The topological polar surface area (TPSA) is 62.1 Å². The summed E-state index contributed by atoms with van der Waals surface area (Å²) in [6, 6.07) is 4.76. The van der Waals surface area contributed by atoms with Gasteiger partial charge in [-0.25, -0.2) is 0 Å². The predicted molar refractivity (Wildman–Crippen MR) is 131 cm³/mol. The van der Waals surface area contributed by atoms with Gasteiger partial charge in [-0.1, -0.05) is 52.5 Å². The van der Waals surface area contributed by atoms with Gasteiger partial charge in [-0.05, 0) is 55.5 Å². The molecule has 1 rings (SSSR count). The zero-order valence-electron chi connectivity index (χ0n) is 19.5. The third kappa shape index (κ3) is 10.5. The van der Waals surface area contributed by atoms with Gasteiger partial charge in [0.15, 0.2) is 0 Å². The average molecular weight is 451 g/mol. The lowest BCUT2D eigenvalue weighted by molar-refractivity contribution is -0.137. The van der Waals surface area contributed by atoms with Crippen LogP contribution in [-0.2, 0) is 6.18 Å². The molecule has 5 N–H and O–H groups in total. The second-order valence-electron chi connectivity index (χ2n) is 6.55. The maximum Gasteiger partial charge on any atom is 0.416 e. The minimum atomic E-state index is -4.38. The molecule has 1 aromatic rings. The zero-order chi connectivity index (χ0) is 24.6. The lowest BCUT2D eigenvalue weighted by Crippen LogP contribution is -2.35. The summed E-state index contributed by atoms with van der Waals surface area (Å²) in [6.07, 6.45) is 6.21. The maximum atomic E-state index is 12.8. The molecule has 1 atom stereocenters. The molecule has 1 unspecified atom stereocenters. The van der Waals surface area contributed by atoms with E-state index in [1.807, 2.05) is 26.0 Å².